The van der Waals surface area contributed by atoms with Gasteiger partial charge in [0.05, 0.1) is 10.7 Å². The Labute approximate surface area is 130 Å². The van der Waals surface area contributed by atoms with Crippen molar-refractivity contribution in [1.29, 1.82) is 0 Å². The van der Waals surface area contributed by atoms with Crippen LogP contribution in [0.4, 0.5) is 0 Å². The summed E-state index contributed by atoms with van der Waals surface area (Å²) in [6.45, 7) is 6.34. The molecule has 1 aromatic heterocycles. The van der Waals surface area contributed by atoms with Crippen molar-refractivity contribution in [3.8, 4) is 0 Å². The minimum Gasteiger partial charge on any atom is -0.352 e. The first-order valence-corrected chi connectivity index (χ1v) is 8.60. The molecule has 1 aliphatic rings. The number of carbonyl (C=O) groups excluding carboxylic acids is 1. The van der Waals surface area contributed by atoms with E-state index in [0.717, 1.165) is 17.8 Å². The van der Waals surface area contributed by atoms with Gasteiger partial charge in [-0.2, -0.15) is 0 Å². The van der Waals surface area contributed by atoms with Crippen LogP contribution in [0.15, 0.2) is 5.38 Å². The topological polar surface area (TPSA) is 42.0 Å². The van der Waals surface area contributed by atoms with Gasteiger partial charge in [-0.25, -0.2) is 4.98 Å². The van der Waals surface area contributed by atoms with Gasteiger partial charge in [0.15, 0.2) is 5.38 Å². The van der Waals surface area contributed by atoms with E-state index in [0.29, 0.717) is 11.7 Å². The average Bonchev–Trinajstić information content (AvgIpc) is 2.88. The molecule has 1 aromatic rings. The van der Waals surface area contributed by atoms with Crippen LogP contribution in [0.1, 0.15) is 69.0 Å². The van der Waals surface area contributed by atoms with Gasteiger partial charge in [-0.05, 0) is 12.8 Å². The first-order valence-electron chi connectivity index (χ1n) is 7.28. The Balaban J connectivity index is 1.97. The van der Waals surface area contributed by atoms with E-state index >= 15 is 0 Å². The highest BCUT2D eigenvalue weighted by Crippen LogP contribution is 2.30. The summed E-state index contributed by atoms with van der Waals surface area (Å²) < 4.78 is 0. The fraction of sp³-hybridized carbons (Fsp3) is 0.733. The van der Waals surface area contributed by atoms with Crippen LogP contribution in [0.2, 0.25) is 0 Å². The van der Waals surface area contributed by atoms with E-state index in [2.05, 4.69) is 31.1 Å². The lowest BCUT2D eigenvalue weighted by molar-refractivity contribution is -0.121. The number of nitrogens with zero attached hydrogens (tertiary/aromatic N) is 1. The van der Waals surface area contributed by atoms with Crippen LogP contribution in [0.25, 0.3) is 0 Å². The van der Waals surface area contributed by atoms with E-state index in [4.69, 9.17) is 11.6 Å². The zero-order valence-electron chi connectivity index (χ0n) is 12.4. The van der Waals surface area contributed by atoms with E-state index in [9.17, 15) is 4.79 Å². The molecule has 1 N–H and O–H groups in total. The van der Waals surface area contributed by atoms with E-state index in [-0.39, 0.29) is 11.3 Å². The van der Waals surface area contributed by atoms with Crippen molar-refractivity contribution in [2.75, 3.05) is 0 Å². The first kappa shape index (κ1) is 15.8. The molecule has 2 rings (SSSR count). The van der Waals surface area contributed by atoms with E-state index < -0.39 is 5.38 Å². The van der Waals surface area contributed by atoms with Crippen LogP contribution in [0.5, 0.6) is 0 Å². The summed E-state index contributed by atoms with van der Waals surface area (Å²) in [7, 11) is 0. The molecule has 1 fully saturated rings. The molecule has 112 valence electrons. The summed E-state index contributed by atoms with van der Waals surface area (Å²) in [6.07, 6.45) is 5.81. The predicted octanol–water partition coefficient (Wildman–Crippen LogP) is 4.17. The second kappa shape index (κ2) is 6.44. The van der Waals surface area contributed by atoms with Crippen molar-refractivity contribution >= 4 is 28.8 Å². The maximum absolute atomic E-state index is 12.2. The molecular weight excluding hydrogens is 292 g/mol. The Hall–Kier alpha value is -0.610. The SMILES string of the molecule is CC(C)(C)c1nc(C(Cl)C(=O)NC2CCCCC2)cs1. The van der Waals surface area contributed by atoms with E-state index in [1.165, 1.54) is 19.3 Å². The summed E-state index contributed by atoms with van der Waals surface area (Å²) >= 11 is 7.84. The standard InChI is InChI=1S/C15H23ClN2OS/c1-15(2,3)14-18-11(9-20-14)12(16)13(19)17-10-7-5-4-6-8-10/h9-10,12H,4-8H2,1-3H3,(H,17,19). The summed E-state index contributed by atoms with van der Waals surface area (Å²) in [6, 6.07) is 0.290. The molecular formula is C15H23ClN2OS. The predicted molar refractivity (Wildman–Crippen MR) is 84.4 cm³/mol. The number of amides is 1. The normalized spacial score (nSPS) is 18.8. The molecule has 1 aliphatic carbocycles. The Morgan fingerprint density at radius 1 is 1.40 bits per heavy atom. The lowest BCUT2D eigenvalue weighted by atomic mass is 9.95. The zero-order chi connectivity index (χ0) is 14.8. The number of hydrogen-bond donors (Lipinski definition) is 1. The smallest absolute Gasteiger partial charge is 0.244 e. The lowest BCUT2D eigenvalue weighted by Gasteiger charge is -2.23. The van der Waals surface area contributed by atoms with Crippen LogP contribution in [-0.2, 0) is 10.2 Å². The summed E-state index contributed by atoms with van der Waals surface area (Å²) in [5.74, 6) is -0.107. The third-order valence-electron chi connectivity index (χ3n) is 3.60. The second-order valence-electron chi connectivity index (χ2n) is 6.53. The monoisotopic (exact) mass is 314 g/mol. The molecule has 0 aliphatic heterocycles. The first-order chi connectivity index (χ1) is 9.38. The van der Waals surface area contributed by atoms with Gasteiger partial charge in [0.25, 0.3) is 0 Å². The zero-order valence-corrected chi connectivity index (χ0v) is 14.0. The molecule has 0 spiro atoms. The van der Waals surface area contributed by atoms with Gasteiger partial charge in [0.1, 0.15) is 0 Å². The summed E-state index contributed by atoms with van der Waals surface area (Å²) in [5.41, 5.74) is 0.675. The van der Waals surface area contributed by atoms with Crippen LogP contribution in [-0.4, -0.2) is 16.9 Å². The minimum absolute atomic E-state index is 0.000623. The molecule has 0 bridgehead atoms. The third kappa shape index (κ3) is 3.95. The van der Waals surface area contributed by atoms with Gasteiger partial charge in [-0.15, -0.1) is 22.9 Å². The van der Waals surface area contributed by atoms with Gasteiger partial charge in [-0.1, -0.05) is 40.0 Å². The lowest BCUT2D eigenvalue weighted by Crippen LogP contribution is -2.38. The molecule has 3 nitrogen and oxygen atoms in total. The molecule has 1 saturated carbocycles. The highest BCUT2D eigenvalue weighted by molar-refractivity contribution is 7.09. The van der Waals surface area contributed by atoms with Gasteiger partial charge in [0.2, 0.25) is 5.91 Å². The number of nitrogens with one attached hydrogen (secondary N) is 1. The summed E-state index contributed by atoms with van der Waals surface area (Å²) in [5, 5.41) is 5.30. The quantitative estimate of drug-likeness (QED) is 0.851. The van der Waals surface area contributed by atoms with E-state index in [1.807, 2.05) is 5.38 Å². The molecule has 1 amide bonds. The molecule has 5 heteroatoms. The Kier molecular flexibility index (Phi) is 5.08. The number of halogens is 1. The Bertz CT molecular complexity index is 461. The molecule has 20 heavy (non-hydrogen) atoms. The third-order valence-corrected chi connectivity index (χ3v) is 5.31. The van der Waals surface area contributed by atoms with Gasteiger partial charge in [0, 0.05) is 16.8 Å². The van der Waals surface area contributed by atoms with Crippen molar-refractivity contribution in [2.45, 2.75) is 69.7 Å². The number of rotatable bonds is 3. The van der Waals surface area contributed by atoms with Crippen molar-refractivity contribution in [1.82, 2.24) is 10.3 Å². The van der Waals surface area contributed by atoms with Crippen molar-refractivity contribution in [3.05, 3.63) is 16.1 Å². The van der Waals surface area contributed by atoms with Crippen LogP contribution in [0.3, 0.4) is 0 Å². The fourth-order valence-electron chi connectivity index (χ4n) is 2.40. The van der Waals surface area contributed by atoms with Crippen molar-refractivity contribution in [2.24, 2.45) is 0 Å². The second-order valence-corrected chi connectivity index (χ2v) is 7.83. The number of thiazole rings is 1. The highest BCUT2D eigenvalue weighted by atomic mass is 35.5. The largest absolute Gasteiger partial charge is 0.352 e. The molecule has 1 unspecified atom stereocenters. The maximum Gasteiger partial charge on any atom is 0.244 e. The Morgan fingerprint density at radius 3 is 2.60 bits per heavy atom. The average molecular weight is 315 g/mol. The Morgan fingerprint density at radius 2 is 2.05 bits per heavy atom. The number of hydrogen-bond acceptors (Lipinski definition) is 3. The van der Waals surface area contributed by atoms with Crippen LogP contribution >= 0.6 is 22.9 Å². The summed E-state index contributed by atoms with van der Waals surface area (Å²) in [4.78, 5) is 16.7. The minimum atomic E-state index is -0.677. The van der Waals surface area contributed by atoms with Gasteiger partial charge >= 0.3 is 0 Å². The van der Waals surface area contributed by atoms with Crippen molar-refractivity contribution in [3.63, 3.8) is 0 Å². The van der Waals surface area contributed by atoms with Gasteiger partial charge in [-0.3, -0.25) is 4.79 Å². The van der Waals surface area contributed by atoms with Crippen LogP contribution in [0, 0.1) is 0 Å². The van der Waals surface area contributed by atoms with Crippen molar-refractivity contribution < 1.29 is 4.79 Å². The fourth-order valence-corrected chi connectivity index (χ4v) is 3.58. The molecule has 1 atom stereocenters. The molecule has 0 saturated heterocycles. The highest BCUT2D eigenvalue weighted by Gasteiger charge is 2.26. The number of aromatic nitrogens is 1. The van der Waals surface area contributed by atoms with E-state index in [1.54, 1.807) is 11.3 Å². The molecule has 0 aromatic carbocycles. The molecule has 1 heterocycles. The molecule has 0 radical (unpaired) electrons. The van der Waals surface area contributed by atoms with Crippen LogP contribution < -0.4 is 5.32 Å². The van der Waals surface area contributed by atoms with Gasteiger partial charge < -0.3 is 5.32 Å². The number of carbonyl (C=O) groups is 1. The maximum atomic E-state index is 12.2. The number of alkyl halides is 1.